The summed E-state index contributed by atoms with van der Waals surface area (Å²) in [7, 11) is 0. The Labute approximate surface area is 188 Å². The number of rotatable bonds is 6. The van der Waals surface area contributed by atoms with E-state index in [1.165, 1.54) is 0 Å². The number of fused-ring (bicyclic) bond motifs is 3. The zero-order chi connectivity index (χ0) is 21.1. The summed E-state index contributed by atoms with van der Waals surface area (Å²) in [6.45, 7) is 0.128. The Morgan fingerprint density at radius 3 is 2.20 bits per heavy atom. The fraction of sp³-hybridized carbons (Fsp3) is 0.167. The van der Waals surface area contributed by atoms with Gasteiger partial charge in [-0.25, -0.2) is 4.79 Å². The lowest BCUT2D eigenvalue weighted by Crippen LogP contribution is -2.49. The SMILES string of the molecule is O=C(N[C@H](Cc1cccc(I)c1)C(=O)[O-])OCC1c2ccccc2-c2ccccc21. The van der Waals surface area contributed by atoms with Gasteiger partial charge in [0.25, 0.3) is 0 Å². The van der Waals surface area contributed by atoms with Crippen LogP contribution in [0.5, 0.6) is 0 Å². The Balaban J connectivity index is 1.43. The first-order valence-electron chi connectivity index (χ1n) is 9.59. The molecule has 0 fully saturated rings. The number of benzene rings is 3. The number of ether oxygens (including phenoxy) is 1. The van der Waals surface area contributed by atoms with Crippen LogP contribution in [0.2, 0.25) is 0 Å². The lowest BCUT2D eigenvalue weighted by Gasteiger charge is -2.21. The number of carbonyl (C=O) groups excluding carboxylic acids is 2. The summed E-state index contributed by atoms with van der Waals surface area (Å²) in [5.74, 6) is -1.43. The molecule has 3 aromatic carbocycles. The van der Waals surface area contributed by atoms with E-state index in [9.17, 15) is 14.7 Å². The highest BCUT2D eigenvalue weighted by atomic mass is 127. The van der Waals surface area contributed by atoms with E-state index >= 15 is 0 Å². The lowest BCUT2D eigenvalue weighted by molar-refractivity contribution is -0.308. The van der Waals surface area contributed by atoms with Gasteiger partial charge in [-0.05, 0) is 69.0 Å². The van der Waals surface area contributed by atoms with Gasteiger partial charge in [0.05, 0.1) is 12.0 Å². The van der Waals surface area contributed by atoms with Crippen molar-refractivity contribution in [2.24, 2.45) is 0 Å². The summed E-state index contributed by atoms with van der Waals surface area (Å²) >= 11 is 2.16. The van der Waals surface area contributed by atoms with Gasteiger partial charge < -0.3 is 20.0 Å². The van der Waals surface area contributed by atoms with E-state index in [-0.39, 0.29) is 18.9 Å². The number of amides is 1. The van der Waals surface area contributed by atoms with Gasteiger partial charge in [-0.15, -0.1) is 0 Å². The molecule has 0 aliphatic heterocycles. The summed E-state index contributed by atoms with van der Waals surface area (Å²) in [4.78, 5) is 23.9. The average molecular weight is 512 g/mol. The molecule has 30 heavy (non-hydrogen) atoms. The van der Waals surface area contributed by atoms with E-state index in [0.717, 1.165) is 31.4 Å². The highest BCUT2D eigenvalue weighted by Crippen LogP contribution is 2.44. The summed E-state index contributed by atoms with van der Waals surface area (Å²) in [6.07, 6.45) is -0.639. The second kappa shape index (κ2) is 8.87. The quantitative estimate of drug-likeness (QED) is 0.514. The summed E-state index contributed by atoms with van der Waals surface area (Å²) < 4.78 is 6.43. The van der Waals surface area contributed by atoms with Crippen LogP contribution in [0.4, 0.5) is 4.79 Å². The van der Waals surface area contributed by atoms with Crippen molar-refractivity contribution in [3.05, 3.63) is 93.1 Å². The van der Waals surface area contributed by atoms with Crippen LogP contribution in [0.3, 0.4) is 0 Å². The third-order valence-electron chi connectivity index (χ3n) is 5.25. The molecule has 0 bridgehead atoms. The third kappa shape index (κ3) is 4.33. The highest BCUT2D eigenvalue weighted by Gasteiger charge is 2.29. The Morgan fingerprint density at radius 2 is 1.60 bits per heavy atom. The van der Waals surface area contributed by atoms with Gasteiger partial charge in [-0.3, -0.25) is 0 Å². The predicted molar refractivity (Wildman–Crippen MR) is 120 cm³/mol. The Kier molecular flexibility index (Phi) is 6.03. The fourth-order valence-electron chi connectivity index (χ4n) is 3.88. The Morgan fingerprint density at radius 1 is 0.967 bits per heavy atom. The molecule has 1 N–H and O–H groups in total. The monoisotopic (exact) mass is 512 g/mol. The molecule has 0 spiro atoms. The van der Waals surface area contributed by atoms with E-state index in [4.69, 9.17) is 4.74 Å². The standard InChI is InChI=1S/C24H20INO4/c25-16-7-5-6-15(12-16)13-22(23(27)28)26-24(29)30-14-21-19-10-3-1-8-17(19)18-9-2-4-11-20(18)21/h1-12,21-22H,13-14H2,(H,26,29)(H,27,28)/p-1/t22-/m1/s1. The largest absolute Gasteiger partial charge is 0.548 e. The van der Waals surface area contributed by atoms with Crippen LogP contribution in [0, 0.1) is 3.57 Å². The third-order valence-corrected chi connectivity index (χ3v) is 5.92. The molecule has 0 radical (unpaired) electrons. The lowest BCUT2D eigenvalue weighted by atomic mass is 9.98. The van der Waals surface area contributed by atoms with Gasteiger partial charge in [0.2, 0.25) is 0 Å². The second-order valence-corrected chi connectivity index (χ2v) is 8.42. The summed E-state index contributed by atoms with van der Waals surface area (Å²) in [5.41, 5.74) is 5.26. The van der Waals surface area contributed by atoms with Gasteiger partial charge in [-0.1, -0.05) is 60.7 Å². The molecule has 1 amide bonds. The first-order chi connectivity index (χ1) is 14.5. The molecule has 3 aromatic rings. The zero-order valence-electron chi connectivity index (χ0n) is 16.0. The zero-order valence-corrected chi connectivity index (χ0v) is 18.2. The van der Waals surface area contributed by atoms with Crippen molar-refractivity contribution in [3.8, 4) is 11.1 Å². The average Bonchev–Trinajstić information content (AvgIpc) is 3.06. The summed E-state index contributed by atoms with van der Waals surface area (Å²) in [6, 6.07) is 22.4. The molecule has 0 saturated carbocycles. The van der Waals surface area contributed by atoms with Gasteiger partial charge in [0.1, 0.15) is 6.61 Å². The first-order valence-corrected chi connectivity index (χ1v) is 10.7. The van der Waals surface area contributed by atoms with Crippen molar-refractivity contribution in [1.29, 1.82) is 0 Å². The first kappa shape index (κ1) is 20.4. The minimum atomic E-state index is -1.35. The molecule has 0 aromatic heterocycles. The van der Waals surface area contributed by atoms with Crippen LogP contribution < -0.4 is 10.4 Å². The molecule has 0 unspecified atom stereocenters. The number of aliphatic carboxylic acids is 1. The molecule has 1 aliphatic carbocycles. The van der Waals surface area contributed by atoms with Crippen LogP contribution in [-0.4, -0.2) is 24.7 Å². The minimum Gasteiger partial charge on any atom is -0.548 e. The number of carboxylic acid groups (broad SMARTS) is 1. The van der Waals surface area contributed by atoms with Crippen LogP contribution >= 0.6 is 22.6 Å². The molecule has 0 heterocycles. The normalized spacial score (nSPS) is 13.2. The number of nitrogens with one attached hydrogen (secondary N) is 1. The summed E-state index contributed by atoms with van der Waals surface area (Å²) in [5, 5.41) is 14.0. The number of hydrogen-bond donors (Lipinski definition) is 1. The highest BCUT2D eigenvalue weighted by molar-refractivity contribution is 14.1. The fourth-order valence-corrected chi connectivity index (χ4v) is 4.48. The molecule has 5 nitrogen and oxygen atoms in total. The van der Waals surface area contributed by atoms with E-state index in [1.54, 1.807) is 0 Å². The molecular formula is C24H19INO4-. The van der Waals surface area contributed by atoms with Crippen molar-refractivity contribution in [1.82, 2.24) is 5.32 Å². The molecule has 1 atom stereocenters. The van der Waals surface area contributed by atoms with Crippen molar-refractivity contribution < 1.29 is 19.4 Å². The number of carboxylic acids is 1. The van der Waals surface area contributed by atoms with E-state index in [2.05, 4.69) is 40.0 Å². The Hall–Kier alpha value is -2.87. The van der Waals surface area contributed by atoms with Crippen LogP contribution in [0.25, 0.3) is 11.1 Å². The number of hydrogen-bond acceptors (Lipinski definition) is 4. The van der Waals surface area contributed by atoms with E-state index in [0.29, 0.717) is 0 Å². The number of carbonyl (C=O) groups is 2. The van der Waals surface area contributed by atoms with Gasteiger partial charge in [0, 0.05) is 9.49 Å². The van der Waals surface area contributed by atoms with Crippen molar-refractivity contribution >= 4 is 34.7 Å². The van der Waals surface area contributed by atoms with Crippen LogP contribution in [0.15, 0.2) is 72.8 Å². The maximum atomic E-state index is 12.4. The van der Waals surface area contributed by atoms with Gasteiger partial charge in [0.15, 0.2) is 0 Å². The predicted octanol–water partition coefficient (Wildman–Crippen LogP) is 3.49. The Bertz CT molecular complexity index is 1050. The maximum absolute atomic E-state index is 12.4. The van der Waals surface area contributed by atoms with Crippen molar-refractivity contribution in [3.63, 3.8) is 0 Å². The van der Waals surface area contributed by atoms with E-state index < -0.39 is 18.1 Å². The maximum Gasteiger partial charge on any atom is 0.407 e. The van der Waals surface area contributed by atoms with Crippen molar-refractivity contribution in [2.75, 3.05) is 6.61 Å². The molecular weight excluding hydrogens is 493 g/mol. The minimum absolute atomic E-state index is 0.0831. The molecule has 6 heteroatoms. The van der Waals surface area contributed by atoms with Crippen LogP contribution in [-0.2, 0) is 16.0 Å². The second-order valence-electron chi connectivity index (χ2n) is 7.18. The van der Waals surface area contributed by atoms with Gasteiger partial charge >= 0.3 is 6.09 Å². The molecule has 1 aliphatic rings. The van der Waals surface area contributed by atoms with Gasteiger partial charge in [-0.2, -0.15) is 0 Å². The smallest absolute Gasteiger partial charge is 0.407 e. The number of halogens is 1. The molecule has 0 saturated heterocycles. The van der Waals surface area contributed by atoms with Crippen molar-refractivity contribution in [2.45, 2.75) is 18.4 Å². The topological polar surface area (TPSA) is 78.5 Å². The molecule has 4 rings (SSSR count). The van der Waals surface area contributed by atoms with Crippen LogP contribution in [0.1, 0.15) is 22.6 Å². The van der Waals surface area contributed by atoms with E-state index in [1.807, 2.05) is 60.7 Å². The number of alkyl carbamates (subject to hydrolysis) is 1. The molecule has 152 valence electrons.